The van der Waals surface area contributed by atoms with E-state index in [1.807, 2.05) is 12.3 Å². The highest BCUT2D eigenvalue weighted by molar-refractivity contribution is 9.10. The number of aromatic nitrogens is 1. The SMILES string of the molecule is CC(C)CC1CN(c2ncc(Br)cc2N)C1. The van der Waals surface area contributed by atoms with Crippen molar-refractivity contribution in [3.63, 3.8) is 0 Å². The molecule has 1 aliphatic rings. The second-order valence-corrected chi connectivity index (χ2v) is 5.88. The maximum absolute atomic E-state index is 5.94. The standard InChI is InChI=1S/C12H18BrN3/c1-8(2)3-9-6-16(7-9)12-11(14)4-10(13)5-15-12/h4-5,8-9H,3,6-7,14H2,1-2H3. The van der Waals surface area contributed by atoms with Crippen molar-refractivity contribution in [1.82, 2.24) is 4.98 Å². The Morgan fingerprint density at radius 2 is 2.25 bits per heavy atom. The van der Waals surface area contributed by atoms with Crippen LogP contribution in [-0.2, 0) is 0 Å². The van der Waals surface area contributed by atoms with E-state index < -0.39 is 0 Å². The Bertz CT molecular complexity index is 373. The van der Waals surface area contributed by atoms with Crippen LogP contribution in [0.4, 0.5) is 11.5 Å². The lowest BCUT2D eigenvalue weighted by Gasteiger charge is -2.41. The molecule has 3 nitrogen and oxygen atoms in total. The zero-order chi connectivity index (χ0) is 11.7. The molecule has 0 atom stereocenters. The van der Waals surface area contributed by atoms with Gasteiger partial charge in [0.1, 0.15) is 0 Å². The van der Waals surface area contributed by atoms with Gasteiger partial charge >= 0.3 is 0 Å². The number of anilines is 2. The smallest absolute Gasteiger partial charge is 0.151 e. The van der Waals surface area contributed by atoms with Crippen molar-refractivity contribution in [3.05, 3.63) is 16.7 Å². The van der Waals surface area contributed by atoms with E-state index in [0.717, 1.165) is 40.9 Å². The van der Waals surface area contributed by atoms with Gasteiger partial charge in [0, 0.05) is 23.8 Å². The number of nitrogens with zero attached hydrogens (tertiary/aromatic N) is 2. The van der Waals surface area contributed by atoms with Gasteiger partial charge < -0.3 is 10.6 Å². The fraction of sp³-hybridized carbons (Fsp3) is 0.583. The minimum atomic E-state index is 0.761. The highest BCUT2D eigenvalue weighted by atomic mass is 79.9. The van der Waals surface area contributed by atoms with Crippen molar-refractivity contribution < 1.29 is 0 Å². The molecule has 0 radical (unpaired) electrons. The number of nitrogens with two attached hydrogens (primary N) is 1. The van der Waals surface area contributed by atoms with E-state index in [-0.39, 0.29) is 0 Å². The van der Waals surface area contributed by atoms with Gasteiger partial charge in [-0.05, 0) is 40.3 Å². The molecule has 1 aliphatic heterocycles. The lowest BCUT2D eigenvalue weighted by molar-refractivity contribution is 0.336. The summed E-state index contributed by atoms with van der Waals surface area (Å²) in [4.78, 5) is 6.63. The summed E-state index contributed by atoms with van der Waals surface area (Å²) in [6.45, 7) is 6.73. The van der Waals surface area contributed by atoms with E-state index >= 15 is 0 Å². The van der Waals surface area contributed by atoms with Crippen LogP contribution >= 0.6 is 15.9 Å². The molecule has 1 aromatic rings. The molecule has 0 aliphatic carbocycles. The van der Waals surface area contributed by atoms with Crippen molar-refractivity contribution >= 4 is 27.4 Å². The molecule has 88 valence electrons. The third-order valence-corrected chi connectivity index (χ3v) is 3.36. The van der Waals surface area contributed by atoms with E-state index in [1.165, 1.54) is 6.42 Å². The van der Waals surface area contributed by atoms with Crippen LogP contribution in [0.2, 0.25) is 0 Å². The third kappa shape index (κ3) is 2.48. The molecular weight excluding hydrogens is 266 g/mol. The minimum Gasteiger partial charge on any atom is -0.396 e. The van der Waals surface area contributed by atoms with Crippen LogP contribution in [0.3, 0.4) is 0 Å². The molecule has 4 heteroatoms. The molecule has 1 aromatic heterocycles. The summed E-state index contributed by atoms with van der Waals surface area (Å²) in [6, 6.07) is 1.91. The molecule has 0 saturated carbocycles. The monoisotopic (exact) mass is 283 g/mol. The molecule has 0 bridgehead atoms. The Morgan fingerprint density at radius 3 is 2.81 bits per heavy atom. The molecule has 0 unspecified atom stereocenters. The zero-order valence-corrected chi connectivity index (χ0v) is 11.4. The third-order valence-electron chi connectivity index (χ3n) is 2.92. The van der Waals surface area contributed by atoms with Crippen LogP contribution in [0.1, 0.15) is 20.3 Å². The van der Waals surface area contributed by atoms with Crippen LogP contribution in [-0.4, -0.2) is 18.1 Å². The van der Waals surface area contributed by atoms with Crippen LogP contribution in [0.15, 0.2) is 16.7 Å². The highest BCUT2D eigenvalue weighted by Crippen LogP contribution is 2.31. The topological polar surface area (TPSA) is 42.2 Å². The number of hydrogen-bond acceptors (Lipinski definition) is 3. The maximum atomic E-state index is 5.94. The second-order valence-electron chi connectivity index (χ2n) is 4.97. The lowest BCUT2D eigenvalue weighted by Crippen LogP contribution is -2.47. The first kappa shape index (κ1) is 11.7. The van der Waals surface area contributed by atoms with Crippen LogP contribution < -0.4 is 10.6 Å². The van der Waals surface area contributed by atoms with Crippen molar-refractivity contribution in [2.24, 2.45) is 11.8 Å². The molecule has 2 rings (SSSR count). The fourth-order valence-electron chi connectivity index (χ4n) is 2.27. The summed E-state index contributed by atoms with van der Waals surface area (Å²) in [5, 5.41) is 0. The van der Waals surface area contributed by atoms with Crippen molar-refractivity contribution in [3.8, 4) is 0 Å². The van der Waals surface area contributed by atoms with E-state index in [0.29, 0.717) is 0 Å². The quantitative estimate of drug-likeness (QED) is 0.928. The van der Waals surface area contributed by atoms with Gasteiger partial charge in [-0.2, -0.15) is 0 Å². The molecule has 2 heterocycles. The van der Waals surface area contributed by atoms with Crippen molar-refractivity contribution in [1.29, 1.82) is 0 Å². The summed E-state index contributed by atoms with van der Waals surface area (Å²) in [6.07, 6.45) is 3.11. The summed E-state index contributed by atoms with van der Waals surface area (Å²) < 4.78 is 0.938. The van der Waals surface area contributed by atoms with Crippen LogP contribution in [0, 0.1) is 11.8 Å². The first-order valence-electron chi connectivity index (χ1n) is 5.72. The summed E-state index contributed by atoms with van der Waals surface area (Å²) in [7, 11) is 0. The number of nitrogen functional groups attached to an aromatic ring is 1. The summed E-state index contributed by atoms with van der Waals surface area (Å²) >= 11 is 3.37. The van der Waals surface area contributed by atoms with Gasteiger partial charge in [0.25, 0.3) is 0 Å². The summed E-state index contributed by atoms with van der Waals surface area (Å²) in [5.74, 6) is 2.52. The highest BCUT2D eigenvalue weighted by Gasteiger charge is 2.29. The first-order chi connectivity index (χ1) is 7.56. The van der Waals surface area contributed by atoms with E-state index in [9.17, 15) is 0 Å². The normalized spacial score (nSPS) is 16.6. The Morgan fingerprint density at radius 1 is 1.56 bits per heavy atom. The average molecular weight is 284 g/mol. The van der Waals surface area contributed by atoms with Gasteiger partial charge in [0.2, 0.25) is 0 Å². The maximum Gasteiger partial charge on any atom is 0.151 e. The average Bonchev–Trinajstić information content (AvgIpc) is 2.11. The molecule has 0 spiro atoms. The Kier molecular flexibility index (Phi) is 3.38. The van der Waals surface area contributed by atoms with Crippen molar-refractivity contribution in [2.45, 2.75) is 20.3 Å². The van der Waals surface area contributed by atoms with Gasteiger partial charge in [-0.15, -0.1) is 0 Å². The van der Waals surface area contributed by atoms with E-state index in [4.69, 9.17) is 5.73 Å². The van der Waals surface area contributed by atoms with Gasteiger partial charge in [0.05, 0.1) is 5.69 Å². The van der Waals surface area contributed by atoms with Crippen LogP contribution in [0.25, 0.3) is 0 Å². The second kappa shape index (κ2) is 4.62. The van der Waals surface area contributed by atoms with Gasteiger partial charge in [-0.1, -0.05) is 13.8 Å². The number of halogens is 1. The summed E-state index contributed by atoms with van der Waals surface area (Å²) in [5.41, 5.74) is 6.71. The van der Waals surface area contributed by atoms with E-state index in [1.54, 1.807) is 0 Å². The Hall–Kier alpha value is -0.770. The van der Waals surface area contributed by atoms with Gasteiger partial charge in [-0.3, -0.25) is 0 Å². The van der Waals surface area contributed by atoms with Crippen LogP contribution in [0.5, 0.6) is 0 Å². The predicted octanol–water partition coefficient (Wildman–Crippen LogP) is 2.91. The lowest BCUT2D eigenvalue weighted by atomic mass is 9.90. The fourth-order valence-corrected chi connectivity index (χ4v) is 2.62. The largest absolute Gasteiger partial charge is 0.396 e. The Labute approximate surface area is 105 Å². The molecule has 0 amide bonds. The molecular formula is C12H18BrN3. The number of pyridine rings is 1. The van der Waals surface area contributed by atoms with Crippen molar-refractivity contribution in [2.75, 3.05) is 23.7 Å². The minimum absolute atomic E-state index is 0.761. The molecule has 16 heavy (non-hydrogen) atoms. The zero-order valence-electron chi connectivity index (χ0n) is 9.78. The first-order valence-corrected chi connectivity index (χ1v) is 6.51. The molecule has 0 aromatic carbocycles. The van der Waals surface area contributed by atoms with Gasteiger partial charge in [-0.25, -0.2) is 4.98 Å². The number of hydrogen-bond donors (Lipinski definition) is 1. The Balaban J connectivity index is 1.96. The van der Waals surface area contributed by atoms with E-state index in [2.05, 4.69) is 39.7 Å². The predicted molar refractivity (Wildman–Crippen MR) is 71.5 cm³/mol. The molecule has 1 fully saturated rings. The van der Waals surface area contributed by atoms with Gasteiger partial charge in [0.15, 0.2) is 5.82 Å². The number of rotatable bonds is 3. The molecule has 2 N–H and O–H groups in total. The molecule has 1 saturated heterocycles.